The first-order valence-electron chi connectivity index (χ1n) is 5.31. The van der Waals surface area contributed by atoms with E-state index in [1.54, 1.807) is 30.3 Å². The molecule has 0 N–H and O–H groups in total. The third-order valence-corrected chi connectivity index (χ3v) is 4.17. The van der Waals surface area contributed by atoms with Gasteiger partial charge < -0.3 is 0 Å². The average molecular weight is 264 g/mol. The molecule has 17 heavy (non-hydrogen) atoms. The molecule has 1 aromatic carbocycles. The maximum Gasteiger partial charge on any atom is 0.200 e. The van der Waals surface area contributed by atoms with E-state index in [4.69, 9.17) is 0 Å². The molecule has 90 valence electrons. The van der Waals surface area contributed by atoms with Gasteiger partial charge in [0.25, 0.3) is 0 Å². The molecule has 0 unspecified atom stereocenters. The molecular formula is C13H16O2SSi. The summed E-state index contributed by atoms with van der Waals surface area (Å²) in [5.41, 5.74) is 3.08. The molecule has 0 aliphatic rings. The Morgan fingerprint density at radius 2 is 1.71 bits per heavy atom. The van der Waals surface area contributed by atoms with Crippen LogP contribution < -0.4 is 0 Å². The number of rotatable bonds is 2. The number of sulfone groups is 1. The summed E-state index contributed by atoms with van der Waals surface area (Å²) in [7, 11) is -4.79. The highest BCUT2D eigenvalue weighted by Gasteiger charge is 2.09. The van der Waals surface area contributed by atoms with E-state index in [2.05, 4.69) is 31.1 Å². The molecule has 0 saturated heterocycles. The molecule has 0 bridgehead atoms. The zero-order valence-electron chi connectivity index (χ0n) is 10.3. The Kier molecular flexibility index (Phi) is 4.32. The Labute approximate surface area is 104 Å². The van der Waals surface area contributed by atoms with Crippen molar-refractivity contribution in [2.45, 2.75) is 24.5 Å². The maximum absolute atomic E-state index is 11.8. The van der Waals surface area contributed by atoms with Crippen LogP contribution in [0.15, 0.2) is 46.7 Å². The number of benzene rings is 1. The lowest BCUT2D eigenvalue weighted by atomic mass is 10.4. The zero-order valence-corrected chi connectivity index (χ0v) is 12.1. The Hall–Kier alpha value is -1.31. The van der Waals surface area contributed by atoms with E-state index in [-0.39, 0.29) is 0 Å². The lowest BCUT2D eigenvalue weighted by Crippen LogP contribution is -2.16. The predicted octanol–water partition coefficient (Wildman–Crippen LogP) is 2.85. The van der Waals surface area contributed by atoms with Crippen LogP contribution in [0, 0.1) is 11.5 Å². The molecule has 0 spiro atoms. The van der Waals surface area contributed by atoms with Gasteiger partial charge in [0.05, 0.1) is 4.90 Å². The molecule has 4 heteroatoms. The second kappa shape index (κ2) is 5.35. The van der Waals surface area contributed by atoms with Crippen molar-refractivity contribution in [2.75, 3.05) is 0 Å². The molecule has 1 rings (SSSR count). The molecule has 0 heterocycles. The second-order valence-corrected chi connectivity index (χ2v) is 11.3. The van der Waals surface area contributed by atoms with Crippen molar-refractivity contribution >= 4 is 17.9 Å². The minimum atomic E-state index is -3.35. The summed E-state index contributed by atoms with van der Waals surface area (Å²) in [6.45, 7) is 6.33. The van der Waals surface area contributed by atoms with Crippen molar-refractivity contribution < 1.29 is 8.42 Å². The molecular weight excluding hydrogens is 248 g/mol. The highest BCUT2D eigenvalue weighted by molar-refractivity contribution is 7.94. The van der Waals surface area contributed by atoms with Gasteiger partial charge in [0.15, 0.2) is 9.84 Å². The standard InChI is InChI=1S/C13H16O2SSi/c1-17(2,3)12-8-7-11-16(14,15)13-9-5-4-6-10-13/h4-7,9-11H,1-3H3. The molecule has 0 fully saturated rings. The van der Waals surface area contributed by atoms with Gasteiger partial charge in [-0.15, -0.1) is 5.54 Å². The lowest BCUT2D eigenvalue weighted by Gasteiger charge is -2.02. The normalized spacial score (nSPS) is 12.2. The van der Waals surface area contributed by atoms with Crippen molar-refractivity contribution in [3.05, 3.63) is 41.8 Å². The molecule has 0 amide bonds. The van der Waals surface area contributed by atoms with Gasteiger partial charge in [0.2, 0.25) is 0 Å². The van der Waals surface area contributed by atoms with E-state index >= 15 is 0 Å². The zero-order chi connectivity index (χ0) is 12.9. The fraction of sp³-hybridized carbons (Fsp3) is 0.231. The Morgan fingerprint density at radius 3 is 2.24 bits per heavy atom. The minimum absolute atomic E-state index is 0.297. The van der Waals surface area contributed by atoms with Crippen molar-refractivity contribution in [1.29, 1.82) is 0 Å². The molecule has 0 saturated carbocycles. The van der Waals surface area contributed by atoms with Crippen molar-refractivity contribution in [1.82, 2.24) is 0 Å². The summed E-state index contributed by atoms with van der Waals surface area (Å²) in [6, 6.07) is 8.34. The Morgan fingerprint density at radius 1 is 1.12 bits per heavy atom. The third-order valence-electron chi connectivity index (χ3n) is 1.85. The van der Waals surface area contributed by atoms with Crippen molar-refractivity contribution in [2.24, 2.45) is 0 Å². The first-order chi connectivity index (χ1) is 7.81. The largest absolute Gasteiger partial charge is 0.219 e. The van der Waals surface area contributed by atoms with E-state index in [1.165, 1.54) is 6.08 Å². The van der Waals surface area contributed by atoms with Gasteiger partial charge in [0.1, 0.15) is 8.07 Å². The van der Waals surface area contributed by atoms with Gasteiger partial charge in [-0.05, 0) is 18.2 Å². The maximum atomic E-state index is 11.8. The molecule has 0 radical (unpaired) electrons. The summed E-state index contributed by atoms with van der Waals surface area (Å²) in [5.74, 6) is 2.80. The van der Waals surface area contributed by atoms with Crippen LogP contribution in [0.3, 0.4) is 0 Å². The van der Waals surface area contributed by atoms with Gasteiger partial charge in [-0.1, -0.05) is 43.8 Å². The molecule has 2 nitrogen and oxygen atoms in total. The van der Waals surface area contributed by atoms with Crippen molar-refractivity contribution in [3.8, 4) is 11.5 Å². The first-order valence-corrected chi connectivity index (χ1v) is 10.4. The fourth-order valence-corrected chi connectivity index (χ4v) is 2.53. The third kappa shape index (κ3) is 5.03. The summed E-state index contributed by atoms with van der Waals surface area (Å²) in [4.78, 5) is 0.297. The predicted molar refractivity (Wildman–Crippen MR) is 73.9 cm³/mol. The minimum Gasteiger partial charge on any atom is -0.219 e. The summed E-state index contributed by atoms with van der Waals surface area (Å²) in [5, 5.41) is 1.16. The van der Waals surface area contributed by atoms with E-state index in [9.17, 15) is 8.42 Å². The van der Waals surface area contributed by atoms with Crippen LogP contribution in [-0.2, 0) is 9.84 Å². The molecule has 1 aromatic rings. The van der Waals surface area contributed by atoms with E-state index in [0.717, 1.165) is 5.41 Å². The van der Waals surface area contributed by atoms with Crippen molar-refractivity contribution in [3.63, 3.8) is 0 Å². The smallest absolute Gasteiger partial charge is 0.200 e. The lowest BCUT2D eigenvalue weighted by molar-refractivity contribution is 0.604. The van der Waals surface area contributed by atoms with E-state index < -0.39 is 17.9 Å². The summed E-state index contributed by atoms with van der Waals surface area (Å²) in [6.07, 6.45) is 1.42. The van der Waals surface area contributed by atoms with Gasteiger partial charge in [-0.3, -0.25) is 0 Å². The van der Waals surface area contributed by atoms with Crippen LogP contribution in [0.5, 0.6) is 0 Å². The monoisotopic (exact) mass is 264 g/mol. The van der Waals surface area contributed by atoms with Crippen LogP contribution in [0.4, 0.5) is 0 Å². The Bertz CT molecular complexity index is 555. The fourth-order valence-electron chi connectivity index (χ4n) is 1.07. The topological polar surface area (TPSA) is 34.1 Å². The Balaban J connectivity index is 2.88. The molecule has 0 aromatic heterocycles. The highest BCUT2D eigenvalue weighted by atomic mass is 32.2. The van der Waals surface area contributed by atoms with E-state index in [0.29, 0.717) is 4.90 Å². The van der Waals surface area contributed by atoms with Crippen LogP contribution >= 0.6 is 0 Å². The van der Waals surface area contributed by atoms with Crippen LogP contribution in [0.2, 0.25) is 19.6 Å². The SMILES string of the molecule is C[Si](C)(C)C#CC=CS(=O)(=O)c1ccccc1. The summed E-state index contributed by atoms with van der Waals surface area (Å²) < 4.78 is 23.6. The second-order valence-electron chi connectivity index (χ2n) is 4.68. The van der Waals surface area contributed by atoms with E-state index in [1.807, 2.05) is 0 Å². The van der Waals surface area contributed by atoms with Crippen LogP contribution in [0.25, 0.3) is 0 Å². The quantitative estimate of drug-likeness (QED) is 0.608. The van der Waals surface area contributed by atoms with Gasteiger partial charge >= 0.3 is 0 Å². The average Bonchev–Trinajstić information content (AvgIpc) is 2.25. The van der Waals surface area contributed by atoms with Gasteiger partial charge in [-0.2, -0.15) is 0 Å². The van der Waals surface area contributed by atoms with Gasteiger partial charge in [0, 0.05) is 5.41 Å². The van der Waals surface area contributed by atoms with Gasteiger partial charge in [-0.25, -0.2) is 8.42 Å². The molecule has 0 atom stereocenters. The molecule has 0 aliphatic carbocycles. The van der Waals surface area contributed by atoms with Crippen LogP contribution in [0.1, 0.15) is 0 Å². The highest BCUT2D eigenvalue weighted by Crippen LogP contribution is 2.10. The van der Waals surface area contributed by atoms with Crippen LogP contribution in [-0.4, -0.2) is 16.5 Å². The number of hydrogen-bond donors (Lipinski definition) is 0. The molecule has 0 aliphatic heterocycles. The number of allylic oxidation sites excluding steroid dienone is 1. The summed E-state index contributed by atoms with van der Waals surface area (Å²) >= 11 is 0. The first kappa shape index (κ1) is 13.8. The number of hydrogen-bond acceptors (Lipinski definition) is 2.